The van der Waals surface area contributed by atoms with Crippen LogP contribution >= 0.6 is 0 Å². The lowest BCUT2D eigenvalue weighted by Gasteiger charge is -2.38. The summed E-state index contributed by atoms with van der Waals surface area (Å²) in [6, 6.07) is 0. The highest BCUT2D eigenvalue weighted by Crippen LogP contribution is 2.27. The van der Waals surface area contributed by atoms with Gasteiger partial charge in [0.05, 0.1) is 11.5 Å². The van der Waals surface area contributed by atoms with Gasteiger partial charge in [0.2, 0.25) is 5.91 Å². The maximum absolute atomic E-state index is 12.3. The number of carbonyl (C=O) groups excluding carboxylic acids is 1. The van der Waals surface area contributed by atoms with Crippen molar-refractivity contribution in [3.63, 3.8) is 0 Å². The zero-order valence-corrected chi connectivity index (χ0v) is 11.3. The van der Waals surface area contributed by atoms with Crippen molar-refractivity contribution < 1.29 is 9.90 Å². The van der Waals surface area contributed by atoms with E-state index in [-0.39, 0.29) is 12.0 Å². The Balaban J connectivity index is 2.57. The van der Waals surface area contributed by atoms with Gasteiger partial charge in [0.1, 0.15) is 0 Å². The van der Waals surface area contributed by atoms with Crippen molar-refractivity contribution in [2.45, 2.75) is 46.1 Å². The minimum atomic E-state index is -0.419. The van der Waals surface area contributed by atoms with Crippen LogP contribution in [0.2, 0.25) is 0 Å². The lowest BCUT2D eigenvalue weighted by atomic mass is 9.84. The Kier molecular flexibility index (Phi) is 4.95. The third-order valence-electron chi connectivity index (χ3n) is 4.26. The SMILES string of the molecule is CCC(C)(CN)C(=O)N1CCC(C(C)O)CC1. The molecule has 1 heterocycles. The van der Waals surface area contributed by atoms with Crippen LogP contribution in [0.25, 0.3) is 0 Å². The number of aliphatic hydroxyl groups is 1. The third-order valence-corrected chi connectivity index (χ3v) is 4.26. The molecular weight excluding hydrogens is 216 g/mol. The number of hydrogen-bond donors (Lipinski definition) is 2. The Morgan fingerprint density at radius 3 is 2.41 bits per heavy atom. The standard InChI is InChI=1S/C13H26N2O2/c1-4-13(3,9-14)12(17)15-7-5-11(6-8-15)10(2)16/h10-11,16H,4-9,14H2,1-3H3. The smallest absolute Gasteiger partial charge is 0.229 e. The van der Waals surface area contributed by atoms with E-state index in [9.17, 15) is 9.90 Å². The molecule has 1 aliphatic rings. The number of carbonyl (C=O) groups is 1. The van der Waals surface area contributed by atoms with Gasteiger partial charge in [-0.15, -0.1) is 0 Å². The average molecular weight is 242 g/mol. The summed E-state index contributed by atoms with van der Waals surface area (Å²) < 4.78 is 0. The Morgan fingerprint density at radius 2 is 2.06 bits per heavy atom. The van der Waals surface area contributed by atoms with Crippen LogP contribution in [0.3, 0.4) is 0 Å². The van der Waals surface area contributed by atoms with Gasteiger partial charge in [0.15, 0.2) is 0 Å². The number of likely N-dealkylation sites (tertiary alicyclic amines) is 1. The van der Waals surface area contributed by atoms with E-state index < -0.39 is 5.41 Å². The minimum absolute atomic E-state index is 0.173. The number of nitrogens with two attached hydrogens (primary N) is 1. The molecule has 2 atom stereocenters. The summed E-state index contributed by atoms with van der Waals surface area (Å²) >= 11 is 0. The van der Waals surface area contributed by atoms with Gasteiger partial charge in [-0.25, -0.2) is 0 Å². The zero-order chi connectivity index (χ0) is 13.1. The summed E-state index contributed by atoms with van der Waals surface area (Å²) in [7, 11) is 0. The van der Waals surface area contributed by atoms with Crippen LogP contribution in [0.1, 0.15) is 40.0 Å². The Morgan fingerprint density at radius 1 is 1.53 bits per heavy atom. The van der Waals surface area contributed by atoms with Crippen molar-refractivity contribution in [3.8, 4) is 0 Å². The normalized spacial score (nSPS) is 23.2. The monoisotopic (exact) mass is 242 g/mol. The van der Waals surface area contributed by atoms with E-state index in [1.807, 2.05) is 25.7 Å². The summed E-state index contributed by atoms with van der Waals surface area (Å²) in [5.41, 5.74) is 5.29. The number of nitrogens with zero attached hydrogens (tertiary/aromatic N) is 1. The zero-order valence-electron chi connectivity index (χ0n) is 11.3. The second kappa shape index (κ2) is 5.83. The van der Waals surface area contributed by atoms with Gasteiger partial charge in [-0.05, 0) is 39.0 Å². The first kappa shape index (κ1) is 14.5. The van der Waals surface area contributed by atoms with Crippen molar-refractivity contribution in [1.82, 2.24) is 4.90 Å². The predicted molar refractivity (Wildman–Crippen MR) is 68.4 cm³/mol. The molecule has 4 heteroatoms. The molecule has 0 aromatic rings. The molecule has 0 bridgehead atoms. The molecule has 0 aromatic carbocycles. The predicted octanol–water partition coefficient (Wildman–Crippen LogP) is 0.981. The molecule has 1 saturated heterocycles. The van der Waals surface area contributed by atoms with Gasteiger partial charge >= 0.3 is 0 Å². The number of rotatable bonds is 4. The maximum Gasteiger partial charge on any atom is 0.229 e. The molecule has 2 unspecified atom stereocenters. The number of piperidine rings is 1. The Hall–Kier alpha value is -0.610. The molecule has 1 aliphatic heterocycles. The summed E-state index contributed by atoms with van der Waals surface area (Å²) in [4.78, 5) is 14.3. The molecule has 1 amide bonds. The second-order valence-corrected chi connectivity index (χ2v) is 5.49. The quantitative estimate of drug-likeness (QED) is 0.772. The number of hydrogen-bond acceptors (Lipinski definition) is 3. The van der Waals surface area contributed by atoms with Crippen LogP contribution in [0.5, 0.6) is 0 Å². The first-order valence-corrected chi connectivity index (χ1v) is 6.62. The summed E-state index contributed by atoms with van der Waals surface area (Å²) in [6.45, 7) is 7.69. The van der Waals surface area contributed by atoms with Gasteiger partial charge in [-0.2, -0.15) is 0 Å². The fraction of sp³-hybridized carbons (Fsp3) is 0.923. The summed E-state index contributed by atoms with van der Waals surface area (Å²) in [5.74, 6) is 0.511. The molecule has 0 radical (unpaired) electrons. The van der Waals surface area contributed by atoms with E-state index in [1.54, 1.807) is 0 Å². The minimum Gasteiger partial charge on any atom is -0.393 e. The van der Waals surface area contributed by atoms with E-state index in [2.05, 4.69) is 0 Å². The van der Waals surface area contributed by atoms with Crippen LogP contribution in [-0.2, 0) is 4.79 Å². The maximum atomic E-state index is 12.3. The van der Waals surface area contributed by atoms with Crippen molar-refractivity contribution in [3.05, 3.63) is 0 Å². The molecule has 4 nitrogen and oxygen atoms in total. The average Bonchev–Trinajstić information content (AvgIpc) is 2.37. The van der Waals surface area contributed by atoms with Gasteiger partial charge in [-0.3, -0.25) is 4.79 Å². The number of aliphatic hydroxyl groups excluding tert-OH is 1. The van der Waals surface area contributed by atoms with E-state index in [1.165, 1.54) is 0 Å². The highest BCUT2D eigenvalue weighted by Gasteiger charge is 2.35. The highest BCUT2D eigenvalue weighted by atomic mass is 16.3. The molecule has 0 aromatic heterocycles. The van der Waals surface area contributed by atoms with Crippen molar-refractivity contribution in [2.75, 3.05) is 19.6 Å². The molecule has 3 N–H and O–H groups in total. The second-order valence-electron chi connectivity index (χ2n) is 5.49. The molecule has 1 fully saturated rings. The fourth-order valence-electron chi connectivity index (χ4n) is 2.35. The van der Waals surface area contributed by atoms with Crippen molar-refractivity contribution in [1.29, 1.82) is 0 Å². The number of amides is 1. The molecular formula is C13H26N2O2. The van der Waals surface area contributed by atoms with Crippen LogP contribution in [0.15, 0.2) is 0 Å². The van der Waals surface area contributed by atoms with Crippen LogP contribution in [0.4, 0.5) is 0 Å². The topological polar surface area (TPSA) is 66.6 Å². The van der Waals surface area contributed by atoms with Gasteiger partial charge in [-0.1, -0.05) is 6.92 Å². The lowest BCUT2D eigenvalue weighted by Crippen LogP contribution is -2.49. The van der Waals surface area contributed by atoms with Crippen molar-refractivity contribution in [2.24, 2.45) is 17.1 Å². The Labute approximate surface area is 104 Å². The summed E-state index contributed by atoms with van der Waals surface area (Å²) in [5, 5.41) is 9.53. The van der Waals surface area contributed by atoms with Crippen LogP contribution in [0, 0.1) is 11.3 Å². The molecule has 17 heavy (non-hydrogen) atoms. The molecule has 0 saturated carbocycles. The molecule has 0 spiro atoms. The van der Waals surface area contributed by atoms with E-state index in [0.717, 1.165) is 32.4 Å². The van der Waals surface area contributed by atoms with Crippen LogP contribution in [-0.4, -0.2) is 41.7 Å². The molecule has 1 rings (SSSR count). The van der Waals surface area contributed by atoms with Gasteiger partial charge < -0.3 is 15.7 Å². The van der Waals surface area contributed by atoms with Crippen LogP contribution < -0.4 is 5.73 Å². The van der Waals surface area contributed by atoms with Crippen molar-refractivity contribution >= 4 is 5.91 Å². The van der Waals surface area contributed by atoms with E-state index in [0.29, 0.717) is 12.5 Å². The lowest BCUT2D eigenvalue weighted by molar-refractivity contribution is -0.143. The van der Waals surface area contributed by atoms with E-state index in [4.69, 9.17) is 5.73 Å². The van der Waals surface area contributed by atoms with E-state index >= 15 is 0 Å². The Bertz CT molecular complexity index is 254. The first-order chi connectivity index (χ1) is 7.94. The highest BCUT2D eigenvalue weighted by molar-refractivity contribution is 5.82. The van der Waals surface area contributed by atoms with Gasteiger partial charge in [0, 0.05) is 19.6 Å². The largest absolute Gasteiger partial charge is 0.393 e. The molecule has 0 aliphatic carbocycles. The first-order valence-electron chi connectivity index (χ1n) is 6.62. The molecule has 100 valence electrons. The van der Waals surface area contributed by atoms with Gasteiger partial charge in [0.25, 0.3) is 0 Å². The summed E-state index contributed by atoms with van der Waals surface area (Å²) in [6.07, 6.45) is 2.31. The third kappa shape index (κ3) is 3.19. The fourth-order valence-corrected chi connectivity index (χ4v) is 2.35.